The fourth-order valence-electron chi connectivity index (χ4n) is 4.31. The van der Waals surface area contributed by atoms with Crippen molar-refractivity contribution in [1.29, 1.82) is 0 Å². The van der Waals surface area contributed by atoms with E-state index in [9.17, 15) is 18.0 Å². The van der Waals surface area contributed by atoms with Gasteiger partial charge in [-0.3, -0.25) is 9.59 Å². The number of anilines is 1. The average molecular weight is 434 g/mol. The van der Waals surface area contributed by atoms with Gasteiger partial charge in [0.25, 0.3) is 0 Å². The summed E-state index contributed by atoms with van der Waals surface area (Å²) in [6.07, 6.45) is 5.31. The Balaban J connectivity index is 1.36. The summed E-state index contributed by atoms with van der Waals surface area (Å²) in [7, 11) is -3.49. The van der Waals surface area contributed by atoms with Crippen LogP contribution in [0.1, 0.15) is 45.4 Å². The van der Waals surface area contributed by atoms with E-state index in [0.29, 0.717) is 31.2 Å². The highest BCUT2D eigenvalue weighted by Gasteiger charge is 2.36. The number of hydrogen-bond acceptors (Lipinski definition) is 4. The molecule has 164 valence electrons. The minimum atomic E-state index is -3.49. The SMILES string of the molecule is CC1CCN(S(=O)(=O)c2ccc(NC(=O)C3CCCN(C(=O)C4CC4)C3)cc2)CC1. The van der Waals surface area contributed by atoms with Crippen molar-refractivity contribution in [3.63, 3.8) is 0 Å². The van der Waals surface area contributed by atoms with Crippen LogP contribution in [0.2, 0.25) is 0 Å². The molecule has 30 heavy (non-hydrogen) atoms. The van der Waals surface area contributed by atoms with Crippen LogP contribution >= 0.6 is 0 Å². The molecule has 0 spiro atoms. The summed E-state index contributed by atoms with van der Waals surface area (Å²) in [6, 6.07) is 6.42. The summed E-state index contributed by atoms with van der Waals surface area (Å²) < 4.78 is 27.2. The number of hydrogen-bond donors (Lipinski definition) is 1. The zero-order valence-electron chi connectivity index (χ0n) is 17.5. The molecule has 2 saturated heterocycles. The largest absolute Gasteiger partial charge is 0.342 e. The van der Waals surface area contributed by atoms with Crippen molar-refractivity contribution in [3.8, 4) is 0 Å². The zero-order chi connectivity index (χ0) is 21.3. The van der Waals surface area contributed by atoms with E-state index in [1.165, 1.54) is 0 Å². The summed E-state index contributed by atoms with van der Waals surface area (Å²) in [4.78, 5) is 27.1. The highest BCUT2D eigenvalue weighted by Crippen LogP contribution is 2.32. The van der Waals surface area contributed by atoms with Gasteiger partial charge < -0.3 is 10.2 Å². The Morgan fingerprint density at radius 2 is 1.60 bits per heavy atom. The van der Waals surface area contributed by atoms with Crippen molar-refractivity contribution in [2.75, 3.05) is 31.5 Å². The van der Waals surface area contributed by atoms with Crippen LogP contribution in [-0.4, -0.2) is 55.6 Å². The number of benzene rings is 1. The number of nitrogens with zero attached hydrogens (tertiary/aromatic N) is 2. The fourth-order valence-corrected chi connectivity index (χ4v) is 5.78. The van der Waals surface area contributed by atoms with Crippen molar-refractivity contribution in [3.05, 3.63) is 24.3 Å². The predicted molar refractivity (Wildman–Crippen MR) is 114 cm³/mol. The van der Waals surface area contributed by atoms with E-state index in [-0.39, 0.29) is 28.5 Å². The van der Waals surface area contributed by atoms with Crippen LogP contribution in [0, 0.1) is 17.8 Å². The smallest absolute Gasteiger partial charge is 0.243 e. The third kappa shape index (κ3) is 4.70. The molecule has 2 amide bonds. The van der Waals surface area contributed by atoms with Crippen LogP contribution in [0.3, 0.4) is 0 Å². The summed E-state index contributed by atoms with van der Waals surface area (Å²) in [5.41, 5.74) is 0.580. The summed E-state index contributed by atoms with van der Waals surface area (Å²) in [5, 5.41) is 2.89. The van der Waals surface area contributed by atoms with Crippen molar-refractivity contribution in [2.24, 2.45) is 17.8 Å². The molecule has 8 heteroatoms. The second-order valence-corrected chi connectivity index (χ2v) is 10.9. The molecule has 0 aromatic heterocycles. The molecule has 4 rings (SSSR count). The number of carbonyl (C=O) groups is 2. The Labute approximate surface area is 178 Å². The van der Waals surface area contributed by atoms with E-state index < -0.39 is 10.0 Å². The first-order valence-electron chi connectivity index (χ1n) is 11.0. The Hall–Kier alpha value is -1.93. The lowest BCUT2D eigenvalue weighted by Gasteiger charge is -2.32. The monoisotopic (exact) mass is 433 g/mol. The topological polar surface area (TPSA) is 86.8 Å². The van der Waals surface area contributed by atoms with Gasteiger partial charge in [-0.25, -0.2) is 8.42 Å². The molecule has 3 aliphatic rings. The third-order valence-electron chi connectivity index (χ3n) is 6.53. The summed E-state index contributed by atoms with van der Waals surface area (Å²) in [6.45, 7) is 4.47. The van der Waals surface area contributed by atoms with Gasteiger partial charge in [0.05, 0.1) is 10.8 Å². The maximum absolute atomic E-state index is 12.8. The van der Waals surface area contributed by atoms with Crippen LogP contribution in [0.25, 0.3) is 0 Å². The van der Waals surface area contributed by atoms with Crippen molar-refractivity contribution < 1.29 is 18.0 Å². The minimum Gasteiger partial charge on any atom is -0.342 e. The first kappa shape index (κ1) is 21.3. The lowest BCUT2D eigenvalue weighted by molar-refractivity contribution is -0.135. The Morgan fingerprint density at radius 3 is 2.23 bits per heavy atom. The van der Waals surface area contributed by atoms with Gasteiger partial charge in [0.15, 0.2) is 0 Å². The third-order valence-corrected chi connectivity index (χ3v) is 8.45. The van der Waals surface area contributed by atoms with Crippen LogP contribution in [0.4, 0.5) is 5.69 Å². The van der Waals surface area contributed by atoms with Crippen LogP contribution in [0.5, 0.6) is 0 Å². The number of piperidine rings is 2. The number of amides is 2. The minimum absolute atomic E-state index is 0.107. The van der Waals surface area contributed by atoms with E-state index in [0.717, 1.165) is 45.1 Å². The summed E-state index contributed by atoms with van der Waals surface area (Å²) >= 11 is 0. The first-order valence-corrected chi connectivity index (χ1v) is 12.5. The molecule has 2 aliphatic heterocycles. The molecule has 1 saturated carbocycles. The molecule has 1 unspecified atom stereocenters. The second-order valence-electron chi connectivity index (χ2n) is 9.00. The molecule has 1 N–H and O–H groups in total. The second kappa shape index (κ2) is 8.67. The maximum atomic E-state index is 12.8. The van der Waals surface area contributed by atoms with Crippen LogP contribution in [-0.2, 0) is 19.6 Å². The number of rotatable bonds is 5. The molecule has 1 aliphatic carbocycles. The van der Waals surface area contributed by atoms with E-state index in [1.807, 2.05) is 4.90 Å². The molecule has 7 nitrogen and oxygen atoms in total. The lowest BCUT2D eigenvalue weighted by Crippen LogP contribution is -2.44. The Kier molecular flexibility index (Phi) is 6.16. The number of nitrogens with one attached hydrogen (secondary N) is 1. The van der Waals surface area contributed by atoms with E-state index in [2.05, 4.69) is 12.2 Å². The number of likely N-dealkylation sites (tertiary alicyclic amines) is 1. The van der Waals surface area contributed by atoms with E-state index >= 15 is 0 Å². The van der Waals surface area contributed by atoms with Crippen molar-refractivity contribution in [2.45, 2.75) is 50.3 Å². The molecule has 1 aromatic carbocycles. The molecule has 2 heterocycles. The van der Waals surface area contributed by atoms with Gasteiger partial charge in [0, 0.05) is 37.8 Å². The molecule has 0 bridgehead atoms. The normalized spacial score (nSPS) is 23.9. The first-order chi connectivity index (χ1) is 14.3. The van der Waals surface area contributed by atoms with E-state index in [4.69, 9.17) is 0 Å². The van der Waals surface area contributed by atoms with Crippen LogP contribution < -0.4 is 5.32 Å². The van der Waals surface area contributed by atoms with Gasteiger partial charge in [-0.05, 0) is 68.7 Å². The van der Waals surface area contributed by atoms with Gasteiger partial charge in [-0.2, -0.15) is 4.31 Å². The van der Waals surface area contributed by atoms with Crippen molar-refractivity contribution in [1.82, 2.24) is 9.21 Å². The van der Waals surface area contributed by atoms with Gasteiger partial charge in [0.2, 0.25) is 21.8 Å². The molecular formula is C22H31N3O4S. The predicted octanol–water partition coefficient (Wildman–Crippen LogP) is 2.69. The molecule has 1 atom stereocenters. The molecular weight excluding hydrogens is 402 g/mol. The highest BCUT2D eigenvalue weighted by atomic mass is 32.2. The molecule has 3 fully saturated rings. The standard InChI is InChI=1S/C22H31N3O4S/c1-16-10-13-25(14-11-16)30(28,29)20-8-6-19(7-9-20)23-21(26)18-3-2-12-24(15-18)22(27)17-4-5-17/h6-9,16-18H,2-5,10-15H2,1H3,(H,23,26). The molecule has 0 radical (unpaired) electrons. The fraction of sp³-hybridized carbons (Fsp3) is 0.636. The number of carbonyl (C=O) groups excluding carboxylic acids is 2. The Morgan fingerprint density at radius 1 is 0.933 bits per heavy atom. The number of sulfonamides is 1. The zero-order valence-corrected chi connectivity index (χ0v) is 18.4. The summed E-state index contributed by atoms with van der Waals surface area (Å²) in [5.74, 6) is 0.590. The molecule has 1 aromatic rings. The van der Waals surface area contributed by atoms with Gasteiger partial charge in [-0.1, -0.05) is 6.92 Å². The Bertz CT molecular complexity index is 887. The van der Waals surface area contributed by atoms with E-state index in [1.54, 1.807) is 28.6 Å². The van der Waals surface area contributed by atoms with Gasteiger partial charge in [-0.15, -0.1) is 0 Å². The van der Waals surface area contributed by atoms with Gasteiger partial charge >= 0.3 is 0 Å². The van der Waals surface area contributed by atoms with Crippen LogP contribution in [0.15, 0.2) is 29.2 Å². The highest BCUT2D eigenvalue weighted by molar-refractivity contribution is 7.89. The average Bonchev–Trinajstić information content (AvgIpc) is 3.59. The van der Waals surface area contributed by atoms with Gasteiger partial charge in [0.1, 0.15) is 0 Å². The maximum Gasteiger partial charge on any atom is 0.243 e. The lowest BCUT2D eigenvalue weighted by atomic mass is 9.96. The quantitative estimate of drug-likeness (QED) is 0.774. The van der Waals surface area contributed by atoms with Crippen molar-refractivity contribution >= 4 is 27.5 Å².